The lowest BCUT2D eigenvalue weighted by Gasteiger charge is -2.36. The molecule has 10 heterocycles. The number of aryl methyl sites for hydroxylation is 2. The van der Waals surface area contributed by atoms with Crippen molar-refractivity contribution in [2.75, 3.05) is 47.5 Å². The quantitative estimate of drug-likeness (QED) is 0.0713. The van der Waals surface area contributed by atoms with E-state index in [1.54, 1.807) is 50.2 Å². The topological polar surface area (TPSA) is 285 Å². The van der Waals surface area contributed by atoms with E-state index in [0.717, 1.165) is 24.8 Å². The molecule has 4 aliphatic heterocycles. The monoisotopic (exact) mass is 1300 g/mol. The average molecular weight is 1300 g/mol. The number of aliphatic imine (C=N–C) groups is 2. The molecular weight excluding hydrogens is 1250 g/mol. The SMILES string of the molecule is Cc1noc(CO)n1.Cc1noc(COc2cnc(/C(F)=C/c3ccc(F)c([C@@]45CN(c6ncc(F)cn6)C[C@@H]4CSC(N)=N5)c3)cn2)n1.O=C(CC1=N[C@]2(c3cc(/C=C(\F)c4cnc(Cl)cn4)ccc3F)CN(c3ncc(F)cn3)C[C@@H]2CS1)c1ccccc1. The van der Waals surface area contributed by atoms with E-state index < -0.39 is 46.0 Å². The maximum atomic E-state index is 15.7. The van der Waals surface area contributed by atoms with E-state index >= 15 is 17.6 Å². The van der Waals surface area contributed by atoms with Crippen molar-refractivity contribution in [2.45, 2.75) is 44.6 Å². The number of ether oxygens (including phenoxy) is 1. The predicted octanol–water partition coefficient (Wildman–Crippen LogP) is 9.96. The van der Waals surface area contributed by atoms with Gasteiger partial charge in [-0.1, -0.05) is 76.1 Å². The highest BCUT2D eigenvalue weighted by molar-refractivity contribution is 8.14. The van der Waals surface area contributed by atoms with Crippen LogP contribution in [0.4, 0.5) is 38.2 Å². The maximum Gasteiger partial charge on any atom is 0.264 e. The van der Waals surface area contributed by atoms with E-state index in [1.807, 2.05) is 15.9 Å². The first-order chi connectivity index (χ1) is 43.9. The van der Waals surface area contributed by atoms with Crippen LogP contribution in [0.3, 0.4) is 0 Å². The minimum absolute atomic E-state index is 0.00942. The largest absolute Gasteiger partial charge is 0.466 e. The number of aliphatic hydroxyl groups is 1. The molecule has 91 heavy (non-hydrogen) atoms. The van der Waals surface area contributed by atoms with Crippen molar-refractivity contribution in [3.63, 3.8) is 0 Å². The van der Waals surface area contributed by atoms with Crippen LogP contribution in [0, 0.1) is 49.0 Å². The Kier molecular flexibility index (Phi) is 19.2. The number of anilines is 2. The van der Waals surface area contributed by atoms with E-state index in [0.29, 0.717) is 69.1 Å². The van der Waals surface area contributed by atoms with Crippen LogP contribution >= 0.6 is 35.1 Å². The van der Waals surface area contributed by atoms with Gasteiger partial charge in [-0.05, 0) is 61.4 Å². The van der Waals surface area contributed by atoms with Crippen LogP contribution < -0.4 is 20.3 Å². The van der Waals surface area contributed by atoms with Gasteiger partial charge in [0.2, 0.25) is 17.8 Å². The molecule has 2 saturated heterocycles. The first-order valence-electron chi connectivity index (χ1n) is 27.6. The summed E-state index contributed by atoms with van der Waals surface area (Å²) in [5.41, 5.74) is 5.73. The number of carbonyl (C=O) groups excluding carboxylic acids is 1. The van der Waals surface area contributed by atoms with E-state index in [-0.39, 0.29) is 102 Å². The summed E-state index contributed by atoms with van der Waals surface area (Å²) in [5.74, 6) is -0.532. The van der Waals surface area contributed by atoms with Crippen LogP contribution in [-0.4, -0.2) is 119 Å². The summed E-state index contributed by atoms with van der Waals surface area (Å²) in [4.78, 5) is 66.6. The Morgan fingerprint density at radius 3 is 1.70 bits per heavy atom. The molecule has 0 unspecified atom stereocenters. The second kappa shape index (κ2) is 27.7. The minimum atomic E-state index is -1.13. The summed E-state index contributed by atoms with van der Waals surface area (Å²) >= 11 is 8.60. The fraction of sp³-hybridized carbons (Fsp3) is 0.250. The summed E-state index contributed by atoms with van der Waals surface area (Å²) in [7, 11) is 0. The highest BCUT2D eigenvalue weighted by Crippen LogP contribution is 2.49. The van der Waals surface area contributed by atoms with Crippen LogP contribution in [0.5, 0.6) is 5.88 Å². The first kappa shape index (κ1) is 63.1. The zero-order chi connectivity index (χ0) is 63.8. The lowest BCUT2D eigenvalue weighted by molar-refractivity contribution is 0.100. The lowest BCUT2D eigenvalue weighted by atomic mass is 9.80. The van der Waals surface area contributed by atoms with Crippen molar-refractivity contribution in [1.82, 2.24) is 60.2 Å². The van der Waals surface area contributed by atoms with Gasteiger partial charge in [-0.15, -0.1) is 11.8 Å². The zero-order valence-corrected chi connectivity index (χ0v) is 50.3. The van der Waals surface area contributed by atoms with E-state index in [4.69, 9.17) is 41.7 Å². The molecule has 4 aliphatic rings. The third-order valence-corrected chi connectivity index (χ3v) is 16.9. The van der Waals surface area contributed by atoms with Gasteiger partial charge in [0.25, 0.3) is 11.8 Å². The van der Waals surface area contributed by atoms with Gasteiger partial charge in [-0.25, -0.2) is 71.2 Å². The molecule has 22 nitrogen and oxygen atoms in total. The second-order valence-electron chi connectivity index (χ2n) is 20.8. The smallest absolute Gasteiger partial charge is 0.264 e. The number of benzene rings is 3. The number of ketones is 1. The summed E-state index contributed by atoms with van der Waals surface area (Å²) in [5, 5.41) is 16.5. The molecule has 0 saturated carbocycles. The van der Waals surface area contributed by atoms with Crippen molar-refractivity contribution in [2.24, 2.45) is 27.6 Å². The number of fused-ring (bicyclic) bond motifs is 2. The van der Waals surface area contributed by atoms with Crippen LogP contribution in [0.25, 0.3) is 23.8 Å². The Hall–Kier alpha value is -9.52. The summed E-state index contributed by atoms with van der Waals surface area (Å²) < 4.78 is 103. The van der Waals surface area contributed by atoms with E-state index in [1.165, 1.54) is 84.7 Å². The molecular formula is C60H50ClF6N17O5S2. The molecule has 3 aromatic carbocycles. The Balaban J connectivity index is 0.000000166. The van der Waals surface area contributed by atoms with Crippen molar-refractivity contribution >= 4 is 86.8 Å². The number of aromatic nitrogens is 12. The number of nitrogens with zero attached hydrogens (tertiary/aromatic N) is 16. The van der Waals surface area contributed by atoms with Crippen molar-refractivity contribution in [3.05, 3.63) is 207 Å². The Morgan fingerprint density at radius 2 is 1.21 bits per heavy atom. The number of hydrogen-bond donors (Lipinski definition) is 2. The van der Waals surface area contributed by atoms with Gasteiger partial charge < -0.3 is 34.4 Å². The standard InChI is InChI=1S/C30H22ClF3N6OS.C26H22F3N9O2S.C4H6N2O2/c31-27-14-35-25(13-36-27)24(34)9-18-6-7-23(33)22(8-18)30-17-40(29-37-11-21(32)12-38-29)15-20(30)16-42-28(39-30)10-26(41)19-4-2-1-3-5-19;1-14-35-23(40-37-14)11-39-22-9-31-21(8-32-22)20(29)5-15-2-3-19(28)18(4-15)26-13-38(25-33-6-17(27)7-34-25)10-16(26)12-41-24(30)36-26;1-3-5-4(2-7)8-6-3/h1-9,11-14,20H,10,15-17H2;2-9,16H,10-13H2,1H3,(H2,30,36);7H,2H2,1H3/b24-9-;20-5-;/t20-,30-;16-,26-;/m11./s1. The highest BCUT2D eigenvalue weighted by atomic mass is 35.5. The summed E-state index contributed by atoms with van der Waals surface area (Å²) in [6.07, 6.45) is 11.8. The normalized spacial score (nSPS) is 19.5. The lowest BCUT2D eigenvalue weighted by Crippen LogP contribution is -2.40. The van der Waals surface area contributed by atoms with Crippen molar-refractivity contribution in [1.29, 1.82) is 0 Å². The fourth-order valence-electron chi connectivity index (χ4n) is 10.5. The predicted molar refractivity (Wildman–Crippen MR) is 326 cm³/mol. The van der Waals surface area contributed by atoms with Gasteiger partial charge in [0, 0.05) is 53.1 Å². The van der Waals surface area contributed by atoms with Crippen LogP contribution in [0.1, 0.15) is 73.9 Å². The van der Waals surface area contributed by atoms with Crippen LogP contribution in [0.15, 0.2) is 135 Å². The van der Waals surface area contributed by atoms with Gasteiger partial charge in [0.1, 0.15) is 45.9 Å². The zero-order valence-electron chi connectivity index (χ0n) is 47.9. The average Bonchev–Trinajstić information content (AvgIpc) is 1.64. The number of amidine groups is 1. The number of thioether (sulfide) groups is 2. The van der Waals surface area contributed by atoms with Gasteiger partial charge >= 0.3 is 0 Å². The molecule has 0 aliphatic carbocycles. The van der Waals surface area contributed by atoms with Gasteiger partial charge in [-0.2, -0.15) is 9.97 Å². The third-order valence-electron chi connectivity index (χ3n) is 14.7. The first-order valence-corrected chi connectivity index (χ1v) is 30.0. The van der Waals surface area contributed by atoms with Gasteiger partial charge in [-0.3, -0.25) is 9.79 Å². The second-order valence-corrected chi connectivity index (χ2v) is 23.3. The summed E-state index contributed by atoms with van der Waals surface area (Å²) in [6, 6.07) is 17.5. The number of hydrogen-bond acceptors (Lipinski definition) is 24. The van der Waals surface area contributed by atoms with Crippen molar-refractivity contribution < 1.29 is 50.0 Å². The van der Waals surface area contributed by atoms with E-state index in [9.17, 15) is 13.6 Å². The number of aliphatic hydroxyl groups excluding tert-OH is 1. The van der Waals surface area contributed by atoms with Crippen molar-refractivity contribution in [3.8, 4) is 5.88 Å². The maximum absolute atomic E-state index is 15.7. The molecule has 2 fully saturated rings. The minimum Gasteiger partial charge on any atom is -0.466 e. The number of carbonyl (C=O) groups is 1. The molecule has 0 spiro atoms. The Bertz CT molecular complexity index is 4200. The summed E-state index contributed by atoms with van der Waals surface area (Å²) in [6.45, 7) is 4.47. The van der Waals surface area contributed by atoms with Gasteiger partial charge in [0.05, 0.1) is 74.1 Å². The number of halogens is 7. The van der Waals surface area contributed by atoms with Crippen LogP contribution in [0.2, 0.25) is 5.15 Å². The molecule has 0 amide bonds. The number of Topliss-reactive ketones (excluding diaryl/α,β-unsaturated/α-hetero) is 1. The molecule has 13 rings (SSSR count). The molecule has 6 aromatic heterocycles. The molecule has 4 atom stereocenters. The molecule has 9 aromatic rings. The fourth-order valence-corrected chi connectivity index (χ4v) is 12.8. The molecule has 466 valence electrons. The molecule has 31 heteroatoms. The van der Waals surface area contributed by atoms with Crippen LogP contribution in [-0.2, 0) is 24.3 Å². The number of rotatable bonds is 15. The highest BCUT2D eigenvalue weighted by Gasteiger charge is 2.53. The Morgan fingerprint density at radius 1 is 0.681 bits per heavy atom. The molecule has 0 bridgehead atoms. The molecule has 0 radical (unpaired) electrons. The van der Waals surface area contributed by atoms with Gasteiger partial charge in [0.15, 0.2) is 52.5 Å². The Labute approximate surface area is 527 Å². The third kappa shape index (κ3) is 14.7. The van der Waals surface area contributed by atoms with E-state index in [2.05, 4.69) is 64.7 Å². The number of nitrogens with two attached hydrogens (primary N) is 1. The molecule has 3 N–H and O–H groups in total.